The monoisotopic (exact) mass is 339 g/mol. The van der Waals surface area contributed by atoms with Gasteiger partial charge in [0.15, 0.2) is 0 Å². The number of halogens is 2. The van der Waals surface area contributed by atoms with Gasteiger partial charge in [-0.1, -0.05) is 6.42 Å². The summed E-state index contributed by atoms with van der Waals surface area (Å²) in [4.78, 5) is 14.4. The van der Waals surface area contributed by atoms with E-state index in [9.17, 15) is 4.79 Å². The van der Waals surface area contributed by atoms with E-state index in [0.717, 1.165) is 19.4 Å². The minimum atomic E-state index is 0. The number of carbonyl (C=O) groups is 1. The van der Waals surface area contributed by atoms with Gasteiger partial charge in [0.05, 0.1) is 0 Å². The quantitative estimate of drug-likeness (QED) is 0.824. The van der Waals surface area contributed by atoms with E-state index >= 15 is 0 Å². The van der Waals surface area contributed by atoms with E-state index in [4.69, 9.17) is 5.73 Å². The van der Waals surface area contributed by atoms with Crippen molar-refractivity contribution in [3.63, 3.8) is 0 Å². The van der Waals surface area contributed by atoms with Crippen LogP contribution >= 0.6 is 24.8 Å². The van der Waals surface area contributed by atoms with Crippen LogP contribution in [0.25, 0.3) is 0 Å². The molecule has 21 heavy (non-hydrogen) atoms. The normalized spacial score (nSPS) is 32.6. The van der Waals surface area contributed by atoms with Crippen LogP contribution in [0.15, 0.2) is 0 Å². The van der Waals surface area contributed by atoms with Crippen molar-refractivity contribution in [2.24, 2.45) is 23.5 Å². The number of rotatable bonds is 4. The number of fused-ring (bicyclic) bond motifs is 2. The predicted octanol–water partition coefficient (Wildman–Crippen LogP) is 2.05. The smallest absolute Gasteiger partial charge is 0.223 e. The van der Waals surface area contributed by atoms with Crippen LogP contribution in [0.4, 0.5) is 0 Å². The first kappa shape index (κ1) is 21.0. The Kier molecular flexibility index (Phi) is 9.17. The van der Waals surface area contributed by atoms with Gasteiger partial charge in [-0.25, -0.2) is 0 Å². The maximum absolute atomic E-state index is 12.3. The van der Waals surface area contributed by atoms with Crippen molar-refractivity contribution in [3.8, 4) is 0 Å². The van der Waals surface area contributed by atoms with Crippen LogP contribution in [-0.4, -0.2) is 43.5 Å². The molecular weight excluding hydrogens is 309 g/mol. The molecule has 0 aromatic heterocycles. The maximum atomic E-state index is 12.3. The van der Waals surface area contributed by atoms with Gasteiger partial charge in [0, 0.05) is 24.5 Å². The van der Waals surface area contributed by atoms with E-state index in [1.165, 1.54) is 19.3 Å². The Bertz CT molecular complexity index is 314. The third kappa shape index (κ3) is 5.27. The molecule has 0 spiro atoms. The van der Waals surface area contributed by atoms with E-state index < -0.39 is 0 Å². The van der Waals surface area contributed by atoms with E-state index in [1.807, 2.05) is 14.1 Å². The summed E-state index contributed by atoms with van der Waals surface area (Å²) in [6.07, 6.45) is 5.74. The van der Waals surface area contributed by atoms with Gasteiger partial charge >= 0.3 is 0 Å². The molecule has 2 rings (SSSR count). The Balaban J connectivity index is 0.00000200. The van der Waals surface area contributed by atoms with Gasteiger partial charge in [0.2, 0.25) is 5.91 Å². The average molecular weight is 340 g/mol. The first-order chi connectivity index (χ1) is 8.99. The number of nitrogens with zero attached hydrogens (tertiary/aromatic N) is 1. The van der Waals surface area contributed by atoms with Gasteiger partial charge in [-0.2, -0.15) is 0 Å². The molecule has 1 amide bonds. The van der Waals surface area contributed by atoms with E-state index in [1.54, 1.807) is 0 Å². The zero-order valence-electron chi connectivity index (χ0n) is 13.4. The van der Waals surface area contributed by atoms with E-state index in [-0.39, 0.29) is 36.6 Å². The van der Waals surface area contributed by atoms with Gasteiger partial charge in [-0.15, -0.1) is 24.8 Å². The summed E-state index contributed by atoms with van der Waals surface area (Å²) >= 11 is 0. The number of nitrogens with one attached hydrogen (secondary N) is 1. The zero-order valence-corrected chi connectivity index (χ0v) is 15.0. The van der Waals surface area contributed by atoms with Crippen LogP contribution in [0.5, 0.6) is 0 Å². The minimum Gasteiger partial charge on any atom is -0.354 e. The minimum absolute atomic E-state index is 0. The number of carbonyl (C=O) groups excluding carboxylic acids is 1. The van der Waals surface area contributed by atoms with Crippen LogP contribution in [0, 0.1) is 17.8 Å². The summed E-state index contributed by atoms with van der Waals surface area (Å²) in [5.74, 6) is 1.60. The molecule has 0 saturated heterocycles. The molecule has 2 bridgehead atoms. The second kappa shape index (κ2) is 9.19. The van der Waals surface area contributed by atoms with Crippen molar-refractivity contribution in [3.05, 3.63) is 0 Å². The van der Waals surface area contributed by atoms with Crippen molar-refractivity contribution in [1.29, 1.82) is 0 Å². The van der Waals surface area contributed by atoms with Crippen LogP contribution in [0.1, 0.15) is 39.0 Å². The van der Waals surface area contributed by atoms with E-state index in [2.05, 4.69) is 17.1 Å². The highest BCUT2D eigenvalue weighted by atomic mass is 35.5. The van der Waals surface area contributed by atoms with Crippen LogP contribution in [0.3, 0.4) is 0 Å². The summed E-state index contributed by atoms with van der Waals surface area (Å²) in [5.41, 5.74) is 6.27. The lowest BCUT2D eigenvalue weighted by molar-refractivity contribution is -0.128. The highest BCUT2D eigenvalue weighted by molar-refractivity contribution is 5.85. The highest BCUT2D eigenvalue weighted by Crippen LogP contribution is 2.41. The summed E-state index contributed by atoms with van der Waals surface area (Å²) in [5, 5.41) is 3.12. The summed E-state index contributed by atoms with van der Waals surface area (Å²) in [6.45, 7) is 2.87. The first-order valence-electron chi connectivity index (χ1n) is 7.68. The lowest BCUT2D eigenvalue weighted by Gasteiger charge is -2.43. The molecule has 3 unspecified atom stereocenters. The molecule has 2 aliphatic rings. The van der Waals surface area contributed by atoms with E-state index in [0.29, 0.717) is 23.9 Å². The van der Waals surface area contributed by atoms with Gasteiger partial charge in [-0.3, -0.25) is 4.79 Å². The Morgan fingerprint density at radius 1 is 1.24 bits per heavy atom. The zero-order chi connectivity index (χ0) is 14.0. The molecule has 0 aromatic rings. The van der Waals surface area contributed by atoms with Crippen LogP contribution < -0.4 is 11.1 Å². The molecule has 0 heterocycles. The fourth-order valence-corrected chi connectivity index (χ4v) is 3.58. The number of likely N-dealkylation sites (N-methyl/N-ethyl adjacent to an activating group) is 1. The Morgan fingerprint density at radius 2 is 1.76 bits per heavy atom. The highest BCUT2D eigenvalue weighted by Gasteiger charge is 2.40. The van der Waals surface area contributed by atoms with Crippen LogP contribution in [-0.2, 0) is 4.79 Å². The molecule has 4 nitrogen and oxygen atoms in total. The average Bonchev–Trinajstić information content (AvgIpc) is 2.34. The van der Waals surface area contributed by atoms with Gasteiger partial charge in [0.1, 0.15) is 0 Å². The Labute approximate surface area is 141 Å². The molecule has 2 aliphatic carbocycles. The molecule has 126 valence electrons. The molecular formula is C15H31Cl2N3O. The second-order valence-electron chi connectivity index (χ2n) is 6.75. The molecule has 2 saturated carbocycles. The number of hydrogen-bond donors (Lipinski definition) is 2. The fourth-order valence-electron chi connectivity index (χ4n) is 3.58. The second-order valence-corrected chi connectivity index (χ2v) is 6.75. The maximum Gasteiger partial charge on any atom is 0.223 e. The number of amides is 1. The molecule has 3 atom stereocenters. The molecule has 0 radical (unpaired) electrons. The first-order valence-corrected chi connectivity index (χ1v) is 7.68. The summed E-state index contributed by atoms with van der Waals surface area (Å²) in [6, 6.07) is 0.729. The molecule has 3 N–H and O–H groups in total. The van der Waals surface area contributed by atoms with Gasteiger partial charge < -0.3 is 16.0 Å². The Morgan fingerprint density at radius 3 is 2.24 bits per heavy atom. The fraction of sp³-hybridized carbons (Fsp3) is 0.933. The Hall–Kier alpha value is -0.0300. The SMILES string of the molecule is CC(CNC(=O)C1CC2CCCC(C1)C2N)N(C)C.Cl.Cl. The standard InChI is InChI=1S/C15H29N3O.2ClH/c1-10(18(2)3)9-17-15(19)13-7-11-5-4-6-12(8-13)14(11)16;;/h10-14H,4-9,16H2,1-3H3,(H,17,19);2*1H. The number of nitrogens with two attached hydrogens (primary N) is 1. The van der Waals surface area contributed by atoms with Crippen molar-refractivity contribution in [2.75, 3.05) is 20.6 Å². The number of hydrogen-bond acceptors (Lipinski definition) is 3. The van der Waals surface area contributed by atoms with Crippen molar-refractivity contribution < 1.29 is 4.79 Å². The molecule has 6 heteroatoms. The van der Waals surface area contributed by atoms with Crippen molar-refractivity contribution in [1.82, 2.24) is 10.2 Å². The largest absolute Gasteiger partial charge is 0.354 e. The molecule has 0 aromatic carbocycles. The summed E-state index contributed by atoms with van der Waals surface area (Å²) in [7, 11) is 4.09. The van der Waals surface area contributed by atoms with Gasteiger partial charge in [0.25, 0.3) is 0 Å². The third-order valence-corrected chi connectivity index (χ3v) is 5.24. The lowest BCUT2D eigenvalue weighted by atomic mass is 9.65. The van der Waals surface area contributed by atoms with Crippen LogP contribution in [0.2, 0.25) is 0 Å². The topological polar surface area (TPSA) is 58.4 Å². The predicted molar refractivity (Wildman–Crippen MR) is 92.2 cm³/mol. The van der Waals surface area contributed by atoms with Gasteiger partial charge in [-0.05, 0) is 58.5 Å². The van der Waals surface area contributed by atoms with Crippen molar-refractivity contribution >= 4 is 30.7 Å². The third-order valence-electron chi connectivity index (χ3n) is 5.24. The lowest BCUT2D eigenvalue weighted by Crippen LogP contribution is -2.50. The van der Waals surface area contributed by atoms with Crippen molar-refractivity contribution in [2.45, 2.75) is 51.1 Å². The summed E-state index contributed by atoms with van der Waals surface area (Å²) < 4.78 is 0. The molecule has 0 aliphatic heterocycles. The molecule has 2 fully saturated rings.